The third kappa shape index (κ3) is 2.65. The van der Waals surface area contributed by atoms with Gasteiger partial charge in [-0.1, -0.05) is 5.10 Å². The fraction of sp³-hybridized carbons (Fsp3) is 0.800. The monoisotopic (exact) mass is 245 g/mol. The Morgan fingerprint density at radius 2 is 2.25 bits per heavy atom. The molecule has 16 heavy (non-hydrogen) atoms. The molecule has 1 heterocycles. The number of aryl methyl sites for hydroxylation is 1. The summed E-state index contributed by atoms with van der Waals surface area (Å²) in [5, 5.41) is 17.0. The highest BCUT2D eigenvalue weighted by molar-refractivity contribution is 6.17. The molecule has 0 aromatic carbocycles. The molecule has 1 fully saturated rings. The second kappa shape index (κ2) is 5.01. The molecule has 6 heteroatoms. The van der Waals surface area contributed by atoms with Gasteiger partial charge in [0.15, 0.2) is 0 Å². The molecule has 1 saturated carbocycles. The van der Waals surface area contributed by atoms with Gasteiger partial charge in [0.2, 0.25) is 5.89 Å². The van der Waals surface area contributed by atoms with Gasteiger partial charge in [0, 0.05) is 25.9 Å². The summed E-state index contributed by atoms with van der Waals surface area (Å²) in [6.45, 7) is 0.847. The summed E-state index contributed by atoms with van der Waals surface area (Å²) in [4.78, 5) is 1.93. The van der Waals surface area contributed by atoms with Gasteiger partial charge in [0.1, 0.15) is 0 Å². The predicted octanol–water partition coefficient (Wildman–Crippen LogP) is 1.06. The van der Waals surface area contributed by atoms with Gasteiger partial charge in [-0.2, -0.15) is 0 Å². The number of hydrogen-bond donors (Lipinski definition) is 1. The zero-order chi connectivity index (χ0) is 11.5. The maximum Gasteiger partial charge on any atom is 0.317 e. The molecule has 90 valence electrons. The number of hydrogen-bond acceptors (Lipinski definition) is 5. The van der Waals surface area contributed by atoms with Crippen LogP contribution in [0, 0.1) is 5.92 Å². The number of aliphatic hydroxyl groups excluding tert-OH is 1. The fourth-order valence-corrected chi connectivity index (χ4v) is 2.06. The average Bonchev–Trinajstić information content (AvgIpc) is 2.64. The van der Waals surface area contributed by atoms with Crippen molar-refractivity contribution in [1.29, 1.82) is 0 Å². The van der Waals surface area contributed by atoms with Crippen LogP contribution in [0.2, 0.25) is 0 Å². The molecule has 1 aliphatic rings. The van der Waals surface area contributed by atoms with Crippen LogP contribution < -0.4 is 4.90 Å². The maximum absolute atomic E-state index is 9.19. The highest BCUT2D eigenvalue weighted by Crippen LogP contribution is 2.28. The van der Waals surface area contributed by atoms with E-state index >= 15 is 0 Å². The lowest BCUT2D eigenvalue weighted by atomic mass is 9.82. The van der Waals surface area contributed by atoms with Crippen molar-refractivity contribution in [3.8, 4) is 0 Å². The molecule has 1 aromatic heterocycles. The van der Waals surface area contributed by atoms with Crippen LogP contribution >= 0.6 is 11.6 Å². The summed E-state index contributed by atoms with van der Waals surface area (Å²) < 4.78 is 5.44. The number of aliphatic hydroxyl groups is 1. The molecule has 5 nitrogen and oxygen atoms in total. The Hall–Kier alpha value is -0.810. The average molecular weight is 246 g/mol. The smallest absolute Gasteiger partial charge is 0.317 e. The van der Waals surface area contributed by atoms with Crippen molar-refractivity contribution in [3.05, 3.63) is 5.89 Å². The molecule has 1 aliphatic carbocycles. The van der Waals surface area contributed by atoms with Crippen LogP contribution in [0.4, 0.5) is 6.01 Å². The molecule has 0 unspecified atom stereocenters. The van der Waals surface area contributed by atoms with Gasteiger partial charge in [0.25, 0.3) is 0 Å². The van der Waals surface area contributed by atoms with Crippen LogP contribution in [0.1, 0.15) is 18.7 Å². The molecule has 0 atom stereocenters. The Morgan fingerprint density at radius 1 is 1.50 bits per heavy atom. The van der Waals surface area contributed by atoms with Crippen LogP contribution in [-0.2, 0) is 6.42 Å². The van der Waals surface area contributed by atoms with E-state index in [0.717, 1.165) is 19.4 Å². The van der Waals surface area contributed by atoms with Gasteiger partial charge >= 0.3 is 6.01 Å². The lowest BCUT2D eigenvalue weighted by Gasteiger charge is -2.33. The Bertz CT molecular complexity index is 339. The first kappa shape index (κ1) is 11.7. The van der Waals surface area contributed by atoms with Crippen LogP contribution in [0.15, 0.2) is 4.42 Å². The zero-order valence-corrected chi connectivity index (χ0v) is 10.0. The first-order chi connectivity index (χ1) is 7.69. The van der Waals surface area contributed by atoms with E-state index in [4.69, 9.17) is 16.0 Å². The number of rotatable bonds is 5. The van der Waals surface area contributed by atoms with Crippen molar-refractivity contribution >= 4 is 17.6 Å². The summed E-state index contributed by atoms with van der Waals surface area (Å²) in [5.74, 6) is 1.59. The summed E-state index contributed by atoms with van der Waals surface area (Å²) in [6, 6.07) is 0.529. The lowest BCUT2D eigenvalue weighted by molar-refractivity contribution is 0.0461. The van der Waals surface area contributed by atoms with E-state index in [0.29, 0.717) is 30.1 Å². The number of alkyl halides is 1. The molecule has 0 aliphatic heterocycles. The molecule has 2 rings (SSSR count). The Labute approximate surface area is 99.4 Å². The third-order valence-corrected chi connectivity index (χ3v) is 3.02. The van der Waals surface area contributed by atoms with Crippen LogP contribution in [-0.4, -0.2) is 40.9 Å². The molecule has 0 spiro atoms. The van der Waals surface area contributed by atoms with Gasteiger partial charge in [-0.05, 0) is 18.8 Å². The second-order valence-electron chi connectivity index (χ2n) is 4.29. The van der Waals surface area contributed by atoms with E-state index in [9.17, 15) is 5.11 Å². The third-order valence-electron chi connectivity index (χ3n) is 2.83. The van der Waals surface area contributed by atoms with Gasteiger partial charge in [-0.25, -0.2) is 0 Å². The minimum Gasteiger partial charge on any atom is -0.408 e. The standard InChI is InChI=1S/C10H16ClN3O2/c1-14(6-7-4-8(15)5-7)10-13-12-9(16-10)2-3-11/h7-8,15H,2-6H2,1H3. The van der Waals surface area contributed by atoms with Crippen molar-refractivity contribution < 1.29 is 9.52 Å². The van der Waals surface area contributed by atoms with Crippen LogP contribution in [0.3, 0.4) is 0 Å². The highest BCUT2D eigenvalue weighted by Gasteiger charge is 2.28. The van der Waals surface area contributed by atoms with E-state index in [1.165, 1.54) is 0 Å². The normalized spacial score (nSPS) is 24.2. The fourth-order valence-electron chi connectivity index (χ4n) is 1.90. The molecule has 1 N–H and O–H groups in total. The Balaban J connectivity index is 1.85. The summed E-state index contributed by atoms with van der Waals surface area (Å²) in [7, 11) is 1.92. The van der Waals surface area contributed by atoms with Gasteiger partial charge in [-0.15, -0.1) is 16.7 Å². The number of nitrogens with zero attached hydrogens (tertiary/aromatic N) is 3. The predicted molar refractivity (Wildman–Crippen MR) is 60.7 cm³/mol. The quantitative estimate of drug-likeness (QED) is 0.786. The highest BCUT2D eigenvalue weighted by atomic mass is 35.5. The van der Waals surface area contributed by atoms with E-state index in [-0.39, 0.29) is 6.10 Å². The minimum absolute atomic E-state index is 0.118. The van der Waals surface area contributed by atoms with Crippen LogP contribution in [0.5, 0.6) is 0 Å². The first-order valence-electron chi connectivity index (χ1n) is 5.46. The molecule has 0 bridgehead atoms. The van der Waals surface area contributed by atoms with E-state index < -0.39 is 0 Å². The van der Waals surface area contributed by atoms with Crippen molar-refractivity contribution in [2.75, 3.05) is 24.4 Å². The van der Waals surface area contributed by atoms with Crippen molar-refractivity contribution in [1.82, 2.24) is 10.2 Å². The molecule has 1 aromatic rings. The summed E-state index contributed by atoms with van der Waals surface area (Å²) in [6.07, 6.45) is 2.22. The molecule has 0 saturated heterocycles. The number of halogens is 1. The number of anilines is 1. The van der Waals surface area contributed by atoms with Gasteiger partial charge in [-0.3, -0.25) is 0 Å². The molecular weight excluding hydrogens is 230 g/mol. The molecular formula is C10H16ClN3O2. The van der Waals surface area contributed by atoms with E-state index in [1.54, 1.807) is 0 Å². The minimum atomic E-state index is -0.118. The van der Waals surface area contributed by atoms with Gasteiger partial charge in [0.05, 0.1) is 6.10 Å². The van der Waals surface area contributed by atoms with Crippen molar-refractivity contribution in [2.24, 2.45) is 5.92 Å². The van der Waals surface area contributed by atoms with E-state index in [1.807, 2.05) is 11.9 Å². The zero-order valence-electron chi connectivity index (χ0n) is 9.27. The topological polar surface area (TPSA) is 62.4 Å². The molecule has 0 amide bonds. The maximum atomic E-state index is 9.19. The summed E-state index contributed by atoms with van der Waals surface area (Å²) >= 11 is 5.59. The molecule has 0 radical (unpaired) electrons. The second-order valence-corrected chi connectivity index (χ2v) is 4.67. The largest absolute Gasteiger partial charge is 0.408 e. The summed E-state index contributed by atoms with van der Waals surface area (Å²) in [5.41, 5.74) is 0. The SMILES string of the molecule is CN(CC1CC(O)C1)c1nnc(CCCl)o1. The Kier molecular flexibility index (Phi) is 3.66. The van der Waals surface area contributed by atoms with Gasteiger partial charge < -0.3 is 14.4 Å². The lowest BCUT2D eigenvalue weighted by Crippen LogP contribution is -2.37. The van der Waals surface area contributed by atoms with Crippen molar-refractivity contribution in [3.63, 3.8) is 0 Å². The number of aromatic nitrogens is 2. The van der Waals surface area contributed by atoms with Crippen molar-refractivity contribution in [2.45, 2.75) is 25.4 Å². The van der Waals surface area contributed by atoms with Crippen LogP contribution in [0.25, 0.3) is 0 Å². The van der Waals surface area contributed by atoms with E-state index in [2.05, 4.69) is 10.2 Å². The first-order valence-corrected chi connectivity index (χ1v) is 6.00. The Morgan fingerprint density at radius 3 is 2.88 bits per heavy atom.